The van der Waals surface area contributed by atoms with Crippen molar-refractivity contribution in [1.29, 1.82) is 0 Å². The van der Waals surface area contributed by atoms with Crippen LogP contribution in [0, 0.1) is 35.0 Å². The number of allylic oxidation sites excluding steroid dienone is 1. The average molecular weight is 539 g/mol. The molecule has 0 aromatic heterocycles. The summed E-state index contributed by atoms with van der Waals surface area (Å²) >= 11 is 3.62. The Morgan fingerprint density at radius 1 is 1.20 bits per heavy atom. The van der Waals surface area contributed by atoms with E-state index in [1.165, 1.54) is 0 Å². The summed E-state index contributed by atoms with van der Waals surface area (Å²) in [6.07, 6.45) is 8.00. The lowest BCUT2D eigenvalue weighted by Gasteiger charge is -2.41. The normalized spacial score (nSPS) is 29.5. The van der Waals surface area contributed by atoms with Crippen molar-refractivity contribution >= 4 is 27.7 Å². The Balaban J connectivity index is 1.38. The molecule has 3 saturated carbocycles. The average Bonchev–Trinajstić information content (AvgIpc) is 3.31. The lowest BCUT2D eigenvalue weighted by atomic mass is 9.64. The summed E-state index contributed by atoms with van der Waals surface area (Å²) in [7, 11) is 0. The van der Waals surface area contributed by atoms with Gasteiger partial charge < -0.3 is 14.2 Å². The van der Waals surface area contributed by atoms with Crippen LogP contribution >= 0.6 is 15.9 Å². The molecule has 0 radical (unpaired) electrons. The molecule has 4 fully saturated rings. The summed E-state index contributed by atoms with van der Waals surface area (Å²) in [4.78, 5) is 26.4. The number of rotatable bonds is 6. The number of halogens is 1. The van der Waals surface area contributed by atoms with Crippen molar-refractivity contribution in [1.82, 2.24) is 0 Å². The third-order valence-corrected chi connectivity index (χ3v) is 8.75. The highest BCUT2D eigenvalue weighted by Crippen LogP contribution is 2.58. The number of benzene rings is 1. The van der Waals surface area contributed by atoms with Crippen molar-refractivity contribution < 1.29 is 23.8 Å². The number of carbonyl (C=O) groups excluding carboxylic acids is 2. The smallest absolute Gasteiger partial charge is 0.338 e. The molecule has 184 valence electrons. The number of carbonyl (C=O) groups is 2. The maximum Gasteiger partial charge on any atom is 0.338 e. The van der Waals surface area contributed by atoms with Crippen LogP contribution in [0.1, 0.15) is 68.6 Å². The Kier molecular flexibility index (Phi) is 6.57. The van der Waals surface area contributed by atoms with E-state index in [0.717, 1.165) is 32.1 Å². The van der Waals surface area contributed by atoms with Gasteiger partial charge in [-0.1, -0.05) is 37.6 Å². The molecule has 1 spiro atoms. The number of ketones is 1. The fraction of sp³-hybridized carbons (Fsp3) is 0.517. The number of ether oxygens (including phenoxy) is 3. The van der Waals surface area contributed by atoms with E-state index in [9.17, 15) is 9.59 Å². The van der Waals surface area contributed by atoms with Gasteiger partial charge in [-0.05, 0) is 65.7 Å². The second-order valence-electron chi connectivity index (χ2n) is 10.3. The summed E-state index contributed by atoms with van der Waals surface area (Å²) in [6.45, 7) is 5.75. The number of hydrogen-bond donors (Lipinski definition) is 0. The molecule has 5 nitrogen and oxygen atoms in total. The quantitative estimate of drug-likeness (QED) is 0.242. The van der Waals surface area contributed by atoms with Gasteiger partial charge in [0.15, 0.2) is 5.78 Å². The number of fused-ring (bicyclic) bond motifs is 1. The highest BCUT2D eigenvalue weighted by molar-refractivity contribution is 9.12. The van der Waals surface area contributed by atoms with Crippen LogP contribution in [0.25, 0.3) is 0 Å². The van der Waals surface area contributed by atoms with Gasteiger partial charge in [-0.2, -0.15) is 0 Å². The first kappa shape index (κ1) is 24.2. The number of esters is 1. The maximum absolute atomic E-state index is 13.6. The summed E-state index contributed by atoms with van der Waals surface area (Å²) in [5, 5.41) is 0. The first-order chi connectivity index (χ1) is 16.8. The Morgan fingerprint density at radius 2 is 1.94 bits per heavy atom. The van der Waals surface area contributed by atoms with E-state index >= 15 is 0 Å². The van der Waals surface area contributed by atoms with Crippen molar-refractivity contribution in [3.8, 4) is 11.8 Å². The van der Waals surface area contributed by atoms with Gasteiger partial charge in [0.1, 0.15) is 6.10 Å². The maximum atomic E-state index is 13.6. The standard InChI is InChI=1S/C29H31BrO5/c1-3-4-8-12-28(13-9-14-28)26(31)24(30)16-22-23-18-29(34-19(2)35-29)17-21(23)15-25(22)33-27(32)20-10-6-5-7-11-20/h5-7,10-11,16,21-23,25H,2-3,9,12-15,17-18H2,1H3/b24-16-. The van der Waals surface area contributed by atoms with E-state index in [4.69, 9.17) is 14.2 Å². The molecule has 5 rings (SSSR count). The zero-order valence-electron chi connectivity index (χ0n) is 20.1. The van der Waals surface area contributed by atoms with Crippen LogP contribution in [0.3, 0.4) is 0 Å². The van der Waals surface area contributed by atoms with Gasteiger partial charge in [0.05, 0.1) is 10.0 Å². The molecule has 3 aliphatic carbocycles. The molecule has 1 saturated heterocycles. The van der Waals surface area contributed by atoms with Crippen molar-refractivity contribution in [2.75, 3.05) is 0 Å². The molecule has 1 aliphatic heterocycles. The fourth-order valence-corrected chi connectivity index (χ4v) is 6.99. The third-order valence-electron chi connectivity index (χ3n) is 8.13. The van der Waals surface area contributed by atoms with Crippen LogP contribution in [-0.4, -0.2) is 23.6 Å². The van der Waals surface area contributed by atoms with E-state index in [0.29, 0.717) is 35.3 Å². The second-order valence-corrected chi connectivity index (χ2v) is 11.2. The van der Waals surface area contributed by atoms with Crippen molar-refractivity contribution in [3.63, 3.8) is 0 Å². The second kappa shape index (κ2) is 9.50. The highest BCUT2D eigenvalue weighted by atomic mass is 79.9. The molecule has 1 heterocycles. The fourth-order valence-electron chi connectivity index (χ4n) is 6.27. The summed E-state index contributed by atoms with van der Waals surface area (Å²) < 4.78 is 18.2. The minimum Gasteiger partial charge on any atom is -0.458 e. The van der Waals surface area contributed by atoms with Crippen molar-refractivity contribution in [2.45, 2.75) is 70.2 Å². The van der Waals surface area contributed by atoms with E-state index in [-0.39, 0.29) is 35.6 Å². The molecular weight excluding hydrogens is 508 g/mol. The molecule has 4 atom stereocenters. The van der Waals surface area contributed by atoms with Gasteiger partial charge in [-0.3, -0.25) is 4.79 Å². The van der Waals surface area contributed by atoms with Gasteiger partial charge in [0.25, 0.3) is 11.7 Å². The SMILES string of the molecule is C=C1OC2(CC3CC(OC(=O)c4ccccc4)C(/C=C(\Br)C(=O)C4(CC#CCC)CCC4)C3C2)O1. The molecule has 0 amide bonds. The zero-order chi connectivity index (χ0) is 24.6. The molecular formula is C29H31BrO5. The Morgan fingerprint density at radius 3 is 2.57 bits per heavy atom. The van der Waals surface area contributed by atoms with E-state index in [1.54, 1.807) is 12.1 Å². The van der Waals surface area contributed by atoms with Crippen LogP contribution in [0.5, 0.6) is 0 Å². The predicted molar refractivity (Wildman–Crippen MR) is 135 cm³/mol. The van der Waals surface area contributed by atoms with Crippen LogP contribution in [0.4, 0.5) is 0 Å². The predicted octanol–water partition coefficient (Wildman–Crippen LogP) is 6.29. The van der Waals surface area contributed by atoms with Crippen LogP contribution in [-0.2, 0) is 19.0 Å². The Hall–Kier alpha value is -2.52. The summed E-state index contributed by atoms with van der Waals surface area (Å²) in [6, 6.07) is 9.05. The lowest BCUT2D eigenvalue weighted by Crippen LogP contribution is -2.43. The zero-order valence-corrected chi connectivity index (χ0v) is 21.6. The van der Waals surface area contributed by atoms with Crippen molar-refractivity contribution in [2.24, 2.45) is 23.2 Å². The van der Waals surface area contributed by atoms with Crippen LogP contribution in [0.2, 0.25) is 0 Å². The minimum absolute atomic E-state index is 0.106. The molecule has 4 aliphatic rings. The molecule has 6 heteroatoms. The number of hydrogen-bond acceptors (Lipinski definition) is 5. The number of Topliss-reactive ketones (excluding diaryl/α,β-unsaturated/α-hetero) is 1. The van der Waals surface area contributed by atoms with Crippen LogP contribution in [0.15, 0.2) is 53.4 Å². The molecule has 1 aromatic rings. The topological polar surface area (TPSA) is 61.8 Å². The molecule has 35 heavy (non-hydrogen) atoms. The van der Waals surface area contributed by atoms with Gasteiger partial charge in [-0.25, -0.2) is 4.79 Å². The largest absolute Gasteiger partial charge is 0.458 e. The minimum atomic E-state index is -0.617. The highest BCUT2D eigenvalue weighted by Gasteiger charge is 2.61. The Bertz CT molecular complexity index is 1100. The third kappa shape index (κ3) is 4.56. The van der Waals surface area contributed by atoms with Gasteiger partial charge in [0.2, 0.25) is 0 Å². The van der Waals surface area contributed by atoms with Gasteiger partial charge in [-0.15, -0.1) is 11.8 Å². The Labute approximate surface area is 215 Å². The van der Waals surface area contributed by atoms with E-state index in [2.05, 4.69) is 34.3 Å². The van der Waals surface area contributed by atoms with E-state index in [1.807, 2.05) is 31.2 Å². The molecule has 0 N–H and O–H groups in total. The molecule has 1 aromatic carbocycles. The van der Waals surface area contributed by atoms with Gasteiger partial charge in [0, 0.05) is 37.0 Å². The molecule has 4 unspecified atom stereocenters. The van der Waals surface area contributed by atoms with Gasteiger partial charge >= 0.3 is 5.97 Å². The molecule has 0 bridgehead atoms. The lowest BCUT2D eigenvalue weighted by molar-refractivity contribution is -0.332. The van der Waals surface area contributed by atoms with Crippen molar-refractivity contribution in [3.05, 3.63) is 59.0 Å². The van der Waals surface area contributed by atoms with E-state index < -0.39 is 11.2 Å². The van der Waals surface area contributed by atoms with Crippen LogP contribution < -0.4 is 0 Å². The summed E-state index contributed by atoms with van der Waals surface area (Å²) in [5.74, 6) is 6.20. The monoisotopic (exact) mass is 538 g/mol. The summed E-state index contributed by atoms with van der Waals surface area (Å²) in [5.41, 5.74) is 0.129. The first-order valence-corrected chi connectivity index (χ1v) is 13.3. The first-order valence-electron chi connectivity index (χ1n) is 12.6.